The molecular weight excluding hydrogens is 271 g/mol. The predicted molar refractivity (Wildman–Crippen MR) is 79.9 cm³/mol. The molecular formula is C15H17FN4O. The van der Waals surface area contributed by atoms with Crippen LogP contribution in [0.3, 0.4) is 0 Å². The number of anilines is 3. The van der Waals surface area contributed by atoms with Crippen molar-refractivity contribution in [1.29, 1.82) is 0 Å². The van der Waals surface area contributed by atoms with Crippen molar-refractivity contribution < 1.29 is 9.13 Å². The van der Waals surface area contributed by atoms with Gasteiger partial charge in [-0.05, 0) is 31.0 Å². The van der Waals surface area contributed by atoms with Gasteiger partial charge in [-0.15, -0.1) is 0 Å². The second-order valence-corrected chi connectivity index (χ2v) is 4.78. The Morgan fingerprint density at radius 2 is 2.24 bits per heavy atom. The van der Waals surface area contributed by atoms with E-state index >= 15 is 0 Å². The van der Waals surface area contributed by atoms with Gasteiger partial charge in [0.25, 0.3) is 0 Å². The number of ether oxygens (including phenoxy) is 1. The number of hydrogen-bond donors (Lipinski definition) is 1. The van der Waals surface area contributed by atoms with E-state index in [-0.39, 0.29) is 5.82 Å². The van der Waals surface area contributed by atoms with Crippen molar-refractivity contribution in [3.8, 4) is 5.75 Å². The molecule has 0 spiro atoms. The minimum Gasteiger partial charge on any atom is -0.490 e. The third-order valence-electron chi connectivity index (χ3n) is 3.53. The maximum Gasteiger partial charge on any atom is 0.204 e. The van der Waals surface area contributed by atoms with E-state index in [4.69, 9.17) is 4.74 Å². The first-order valence-electron chi connectivity index (χ1n) is 6.93. The van der Waals surface area contributed by atoms with E-state index in [1.165, 1.54) is 18.5 Å². The second kappa shape index (κ2) is 5.55. The molecule has 0 saturated heterocycles. The summed E-state index contributed by atoms with van der Waals surface area (Å²) in [5.74, 6) is 1.64. The Hall–Kier alpha value is -2.37. The first kappa shape index (κ1) is 13.6. The van der Waals surface area contributed by atoms with Gasteiger partial charge in [0.05, 0.1) is 7.11 Å². The molecule has 0 atom stereocenters. The predicted octanol–water partition coefficient (Wildman–Crippen LogP) is 2.75. The molecule has 1 aliphatic heterocycles. The normalized spacial score (nSPS) is 13.2. The summed E-state index contributed by atoms with van der Waals surface area (Å²) in [7, 11) is 1.59. The molecule has 1 N–H and O–H groups in total. The summed E-state index contributed by atoms with van der Waals surface area (Å²) in [6, 6.07) is 4.85. The average Bonchev–Trinajstić information content (AvgIpc) is 2.90. The molecule has 0 bridgehead atoms. The van der Waals surface area contributed by atoms with Gasteiger partial charge in [0.2, 0.25) is 5.75 Å². The SMILES string of the molecule is CCNc1ncnc(N2CCc3ccc(F)cc32)c1OC. The lowest BCUT2D eigenvalue weighted by Crippen LogP contribution is -2.17. The largest absolute Gasteiger partial charge is 0.490 e. The van der Waals surface area contributed by atoms with Gasteiger partial charge in [0.1, 0.15) is 12.1 Å². The zero-order valence-electron chi connectivity index (χ0n) is 12.1. The van der Waals surface area contributed by atoms with Crippen LogP contribution in [0.2, 0.25) is 0 Å². The maximum atomic E-state index is 13.5. The van der Waals surface area contributed by atoms with Crippen LogP contribution in [-0.2, 0) is 6.42 Å². The van der Waals surface area contributed by atoms with Crippen molar-refractivity contribution in [2.75, 3.05) is 30.4 Å². The van der Waals surface area contributed by atoms with Crippen LogP contribution < -0.4 is 15.0 Å². The van der Waals surface area contributed by atoms with Crippen LogP contribution in [0, 0.1) is 5.82 Å². The Labute approximate surface area is 122 Å². The Morgan fingerprint density at radius 3 is 3.00 bits per heavy atom. The monoisotopic (exact) mass is 288 g/mol. The summed E-state index contributed by atoms with van der Waals surface area (Å²) in [4.78, 5) is 10.5. The number of hydrogen-bond acceptors (Lipinski definition) is 5. The average molecular weight is 288 g/mol. The zero-order chi connectivity index (χ0) is 14.8. The number of halogens is 1. The number of methoxy groups -OCH3 is 1. The summed E-state index contributed by atoms with van der Waals surface area (Å²) < 4.78 is 19.0. The van der Waals surface area contributed by atoms with Gasteiger partial charge < -0.3 is 15.0 Å². The molecule has 0 amide bonds. The van der Waals surface area contributed by atoms with Crippen molar-refractivity contribution in [3.05, 3.63) is 35.9 Å². The minimum absolute atomic E-state index is 0.249. The third-order valence-corrected chi connectivity index (χ3v) is 3.53. The Balaban J connectivity index is 2.07. The van der Waals surface area contributed by atoms with Gasteiger partial charge in [0.15, 0.2) is 11.6 Å². The van der Waals surface area contributed by atoms with E-state index in [1.807, 2.05) is 17.9 Å². The van der Waals surface area contributed by atoms with Crippen LogP contribution in [0.1, 0.15) is 12.5 Å². The van der Waals surface area contributed by atoms with Crippen LogP contribution >= 0.6 is 0 Å². The number of nitrogens with zero attached hydrogens (tertiary/aromatic N) is 3. The van der Waals surface area contributed by atoms with Crippen molar-refractivity contribution >= 4 is 17.3 Å². The molecule has 1 aliphatic rings. The number of nitrogens with one attached hydrogen (secondary N) is 1. The molecule has 0 radical (unpaired) electrons. The highest BCUT2D eigenvalue weighted by atomic mass is 19.1. The quantitative estimate of drug-likeness (QED) is 0.937. The lowest BCUT2D eigenvalue weighted by atomic mass is 10.2. The first-order valence-corrected chi connectivity index (χ1v) is 6.93. The number of aromatic nitrogens is 2. The Kier molecular flexibility index (Phi) is 3.60. The molecule has 0 aliphatic carbocycles. The molecule has 0 fully saturated rings. The van der Waals surface area contributed by atoms with E-state index in [9.17, 15) is 4.39 Å². The van der Waals surface area contributed by atoms with E-state index < -0.39 is 0 Å². The van der Waals surface area contributed by atoms with Gasteiger partial charge >= 0.3 is 0 Å². The lowest BCUT2D eigenvalue weighted by molar-refractivity contribution is 0.413. The number of fused-ring (bicyclic) bond motifs is 1. The Morgan fingerprint density at radius 1 is 1.38 bits per heavy atom. The summed E-state index contributed by atoms with van der Waals surface area (Å²) in [5.41, 5.74) is 1.96. The molecule has 2 heterocycles. The molecule has 21 heavy (non-hydrogen) atoms. The fraction of sp³-hybridized carbons (Fsp3) is 0.333. The van der Waals surface area contributed by atoms with Crippen molar-refractivity contribution in [2.45, 2.75) is 13.3 Å². The van der Waals surface area contributed by atoms with Crippen LogP contribution in [0.15, 0.2) is 24.5 Å². The fourth-order valence-electron chi connectivity index (χ4n) is 2.61. The van der Waals surface area contributed by atoms with Crippen molar-refractivity contribution in [1.82, 2.24) is 9.97 Å². The minimum atomic E-state index is -0.249. The summed E-state index contributed by atoms with van der Waals surface area (Å²) in [5, 5.41) is 3.15. The zero-order valence-corrected chi connectivity index (χ0v) is 12.1. The number of benzene rings is 1. The van der Waals surface area contributed by atoms with E-state index in [0.717, 1.165) is 30.8 Å². The fourth-order valence-corrected chi connectivity index (χ4v) is 2.61. The molecule has 5 nitrogen and oxygen atoms in total. The second-order valence-electron chi connectivity index (χ2n) is 4.78. The topological polar surface area (TPSA) is 50.3 Å². The van der Waals surface area contributed by atoms with E-state index in [0.29, 0.717) is 17.4 Å². The highest BCUT2D eigenvalue weighted by molar-refractivity contribution is 5.75. The lowest BCUT2D eigenvalue weighted by Gasteiger charge is -2.21. The van der Waals surface area contributed by atoms with Gasteiger partial charge in [-0.25, -0.2) is 14.4 Å². The van der Waals surface area contributed by atoms with Crippen molar-refractivity contribution in [3.63, 3.8) is 0 Å². The molecule has 110 valence electrons. The Bertz CT molecular complexity index is 662. The van der Waals surface area contributed by atoms with E-state index in [2.05, 4.69) is 15.3 Å². The van der Waals surface area contributed by atoms with E-state index in [1.54, 1.807) is 7.11 Å². The smallest absolute Gasteiger partial charge is 0.204 e. The first-order chi connectivity index (χ1) is 10.2. The van der Waals surface area contributed by atoms with Gasteiger partial charge in [-0.2, -0.15) is 0 Å². The summed E-state index contributed by atoms with van der Waals surface area (Å²) in [6.45, 7) is 3.47. The molecule has 1 aromatic carbocycles. The van der Waals surface area contributed by atoms with Crippen molar-refractivity contribution in [2.24, 2.45) is 0 Å². The van der Waals surface area contributed by atoms with Gasteiger partial charge in [0, 0.05) is 18.8 Å². The highest BCUT2D eigenvalue weighted by Crippen LogP contribution is 2.40. The standard InChI is InChI=1S/C15H17FN4O/c1-3-17-14-13(21-2)15(19-9-18-14)20-7-6-10-4-5-11(16)8-12(10)20/h4-5,8-9H,3,6-7H2,1-2H3,(H,17,18,19). The molecule has 0 saturated carbocycles. The summed E-state index contributed by atoms with van der Waals surface area (Å²) in [6.07, 6.45) is 2.35. The number of rotatable bonds is 4. The van der Waals surface area contributed by atoms with Crippen LogP contribution in [-0.4, -0.2) is 30.2 Å². The summed E-state index contributed by atoms with van der Waals surface area (Å²) >= 11 is 0. The molecule has 1 aromatic heterocycles. The molecule has 2 aromatic rings. The molecule has 6 heteroatoms. The van der Waals surface area contributed by atoms with Gasteiger partial charge in [-0.3, -0.25) is 0 Å². The highest BCUT2D eigenvalue weighted by Gasteiger charge is 2.26. The third kappa shape index (κ3) is 2.37. The maximum absolute atomic E-state index is 13.5. The van der Waals surface area contributed by atoms with Crippen LogP contribution in [0.4, 0.5) is 21.7 Å². The van der Waals surface area contributed by atoms with Crippen LogP contribution in [0.5, 0.6) is 5.75 Å². The molecule has 0 unspecified atom stereocenters. The van der Waals surface area contributed by atoms with Crippen LogP contribution in [0.25, 0.3) is 0 Å². The van der Waals surface area contributed by atoms with Gasteiger partial charge in [-0.1, -0.05) is 6.07 Å². The molecule has 3 rings (SSSR count).